The second-order valence-electron chi connectivity index (χ2n) is 6.84. The first-order valence-electron chi connectivity index (χ1n) is 8.86. The Labute approximate surface area is 162 Å². The topological polar surface area (TPSA) is 49.4 Å². The summed E-state index contributed by atoms with van der Waals surface area (Å²) in [5, 5.41) is 3.01. The van der Waals surface area contributed by atoms with Crippen LogP contribution in [0.3, 0.4) is 0 Å². The van der Waals surface area contributed by atoms with Crippen molar-refractivity contribution >= 4 is 39.1 Å². The number of nitrogens with one attached hydrogen (secondary N) is 1. The Bertz CT molecular complexity index is 863. The Morgan fingerprint density at radius 3 is 2.69 bits per heavy atom. The van der Waals surface area contributed by atoms with E-state index in [-0.39, 0.29) is 24.2 Å². The molecule has 3 rings (SSSR count). The van der Waals surface area contributed by atoms with Crippen LogP contribution in [0.5, 0.6) is 0 Å². The molecule has 1 fully saturated rings. The van der Waals surface area contributed by atoms with Crippen LogP contribution in [0.1, 0.15) is 30.0 Å². The number of hydrogen-bond acceptors (Lipinski definition) is 2. The molecule has 4 nitrogen and oxygen atoms in total. The monoisotopic (exact) mass is 414 g/mol. The van der Waals surface area contributed by atoms with Crippen LogP contribution in [-0.4, -0.2) is 18.4 Å². The maximum atomic E-state index is 12.7. The molecule has 5 heteroatoms. The van der Waals surface area contributed by atoms with Gasteiger partial charge in [0, 0.05) is 28.8 Å². The lowest BCUT2D eigenvalue weighted by Gasteiger charge is -2.19. The molecule has 1 heterocycles. The van der Waals surface area contributed by atoms with Crippen molar-refractivity contribution in [3.8, 4) is 0 Å². The third-order valence-corrected chi connectivity index (χ3v) is 5.34. The molecular formula is C21H23BrN2O2. The van der Waals surface area contributed by atoms with Crippen LogP contribution in [0, 0.1) is 19.8 Å². The highest BCUT2D eigenvalue weighted by Crippen LogP contribution is 2.30. The van der Waals surface area contributed by atoms with E-state index >= 15 is 0 Å². The van der Waals surface area contributed by atoms with E-state index < -0.39 is 0 Å². The van der Waals surface area contributed by atoms with Crippen LogP contribution >= 0.6 is 15.9 Å². The van der Waals surface area contributed by atoms with Gasteiger partial charge in [0.25, 0.3) is 0 Å². The third-order valence-electron chi connectivity index (χ3n) is 4.84. The number of benzene rings is 2. The molecule has 0 radical (unpaired) electrons. The third kappa shape index (κ3) is 3.83. The van der Waals surface area contributed by atoms with Gasteiger partial charge in [-0.25, -0.2) is 0 Å². The fourth-order valence-corrected chi connectivity index (χ4v) is 3.84. The van der Waals surface area contributed by atoms with E-state index in [0.29, 0.717) is 6.54 Å². The standard InChI is InChI=1S/C21H23BrN2O2/c1-4-15-10-17(22)6-7-18(15)23-21(26)16-11-20(25)24(12-16)19-8-5-13(2)9-14(19)3/h5-10,16H,4,11-12H2,1-3H3,(H,23,26)/t16-/m0/s1. The highest BCUT2D eigenvalue weighted by molar-refractivity contribution is 9.10. The van der Waals surface area contributed by atoms with Crippen molar-refractivity contribution in [2.75, 3.05) is 16.8 Å². The second kappa shape index (κ2) is 7.62. The van der Waals surface area contributed by atoms with E-state index in [2.05, 4.69) is 34.2 Å². The Balaban J connectivity index is 1.75. The summed E-state index contributed by atoms with van der Waals surface area (Å²) < 4.78 is 0.990. The van der Waals surface area contributed by atoms with Crippen LogP contribution in [0.4, 0.5) is 11.4 Å². The van der Waals surface area contributed by atoms with Crippen molar-refractivity contribution in [3.05, 3.63) is 57.6 Å². The highest BCUT2D eigenvalue weighted by atomic mass is 79.9. The summed E-state index contributed by atoms with van der Waals surface area (Å²) in [4.78, 5) is 27.0. The van der Waals surface area contributed by atoms with Crippen LogP contribution in [0.15, 0.2) is 40.9 Å². The molecule has 2 aromatic rings. The summed E-state index contributed by atoms with van der Waals surface area (Å²) >= 11 is 3.46. The van der Waals surface area contributed by atoms with Crippen molar-refractivity contribution < 1.29 is 9.59 Å². The fraction of sp³-hybridized carbons (Fsp3) is 0.333. The number of amides is 2. The van der Waals surface area contributed by atoms with Crippen LogP contribution in [0.25, 0.3) is 0 Å². The second-order valence-corrected chi connectivity index (χ2v) is 7.76. The summed E-state index contributed by atoms with van der Waals surface area (Å²) in [6.07, 6.45) is 1.07. The minimum absolute atomic E-state index is 0.00336. The van der Waals surface area contributed by atoms with Gasteiger partial charge in [-0.15, -0.1) is 0 Å². The molecule has 1 aliphatic rings. The molecule has 1 aliphatic heterocycles. The summed E-state index contributed by atoms with van der Waals surface area (Å²) in [7, 11) is 0. The molecule has 1 atom stereocenters. The van der Waals surface area contributed by atoms with Gasteiger partial charge >= 0.3 is 0 Å². The zero-order valence-corrected chi connectivity index (χ0v) is 16.9. The van der Waals surface area contributed by atoms with Crippen molar-refractivity contribution in [3.63, 3.8) is 0 Å². The summed E-state index contributed by atoms with van der Waals surface area (Å²) in [6, 6.07) is 11.9. The Morgan fingerprint density at radius 1 is 1.23 bits per heavy atom. The van der Waals surface area contributed by atoms with Crippen LogP contribution in [-0.2, 0) is 16.0 Å². The smallest absolute Gasteiger partial charge is 0.229 e. The largest absolute Gasteiger partial charge is 0.326 e. The molecule has 0 bridgehead atoms. The zero-order valence-electron chi connectivity index (χ0n) is 15.3. The average Bonchev–Trinajstić information content (AvgIpc) is 2.98. The Kier molecular flexibility index (Phi) is 5.47. The maximum absolute atomic E-state index is 12.7. The first-order chi connectivity index (χ1) is 12.4. The first-order valence-corrected chi connectivity index (χ1v) is 9.65. The number of nitrogens with zero attached hydrogens (tertiary/aromatic N) is 1. The summed E-state index contributed by atoms with van der Waals surface area (Å²) in [6.45, 7) is 6.51. The number of halogens is 1. The van der Waals surface area contributed by atoms with E-state index in [9.17, 15) is 9.59 Å². The van der Waals surface area contributed by atoms with Gasteiger partial charge in [-0.3, -0.25) is 9.59 Å². The van der Waals surface area contributed by atoms with Crippen LogP contribution < -0.4 is 10.2 Å². The van der Waals surface area contributed by atoms with Gasteiger partial charge in [0.15, 0.2) is 0 Å². The molecule has 1 saturated heterocycles. The van der Waals surface area contributed by atoms with E-state index in [1.165, 1.54) is 0 Å². The number of aryl methyl sites for hydroxylation is 3. The van der Waals surface area contributed by atoms with Crippen molar-refractivity contribution in [1.82, 2.24) is 0 Å². The maximum Gasteiger partial charge on any atom is 0.229 e. The average molecular weight is 415 g/mol. The Morgan fingerprint density at radius 2 is 2.00 bits per heavy atom. The van der Waals surface area contributed by atoms with Gasteiger partial charge in [-0.05, 0) is 55.7 Å². The van der Waals surface area contributed by atoms with Gasteiger partial charge in [0.1, 0.15) is 0 Å². The summed E-state index contributed by atoms with van der Waals surface area (Å²) in [5.41, 5.74) is 5.00. The van der Waals surface area contributed by atoms with E-state index in [0.717, 1.165) is 39.0 Å². The van der Waals surface area contributed by atoms with Gasteiger partial charge in [0.05, 0.1) is 5.92 Å². The molecule has 2 amide bonds. The fourth-order valence-electron chi connectivity index (χ4n) is 3.44. The van der Waals surface area contributed by atoms with Gasteiger partial charge in [-0.2, -0.15) is 0 Å². The molecule has 0 unspecified atom stereocenters. The number of carbonyl (C=O) groups excluding carboxylic acids is 2. The zero-order chi connectivity index (χ0) is 18.8. The molecule has 0 spiro atoms. The van der Waals surface area contributed by atoms with E-state index in [1.54, 1.807) is 4.90 Å². The molecule has 0 aliphatic carbocycles. The molecule has 0 aromatic heterocycles. The van der Waals surface area contributed by atoms with E-state index in [1.807, 2.05) is 44.2 Å². The van der Waals surface area contributed by atoms with Crippen molar-refractivity contribution in [1.29, 1.82) is 0 Å². The molecule has 26 heavy (non-hydrogen) atoms. The lowest BCUT2D eigenvalue weighted by molar-refractivity contribution is -0.122. The van der Waals surface area contributed by atoms with Gasteiger partial charge < -0.3 is 10.2 Å². The van der Waals surface area contributed by atoms with Crippen LogP contribution in [0.2, 0.25) is 0 Å². The predicted molar refractivity (Wildman–Crippen MR) is 109 cm³/mol. The molecule has 136 valence electrons. The molecule has 2 aromatic carbocycles. The first kappa shape index (κ1) is 18.6. The van der Waals surface area contributed by atoms with Gasteiger partial charge in [0.2, 0.25) is 11.8 Å². The predicted octanol–water partition coefficient (Wildman–Crippen LogP) is 4.62. The SMILES string of the molecule is CCc1cc(Br)ccc1NC(=O)[C@H]1CC(=O)N(c2ccc(C)cc2C)C1. The normalized spacial score (nSPS) is 16.8. The van der Waals surface area contributed by atoms with Crippen molar-refractivity contribution in [2.45, 2.75) is 33.6 Å². The van der Waals surface area contributed by atoms with Crippen molar-refractivity contribution in [2.24, 2.45) is 5.92 Å². The molecular weight excluding hydrogens is 392 g/mol. The lowest BCUT2D eigenvalue weighted by Crippen LogP contribution is -2.28. The number of anilines is 2. The number of carbonyl (C=O) groups is 2. The minimum Gasteiger partial charge on any atom is -0.326 e. The molecule has 0 saturated carbocycles. The quantitative estimate of drug-likeness (QED) is 0.792. The highest BCUT2D eigenvalue weighted by Gasteiger charge is 2.35. The summed E-state index contributed by atoms with van der Waals surface area (Å²) in [5.74, 6) is -0.428. The number of rotatable bonds is 4. The number of hydrogen-bond donors (Lipinski definition) is 1. The minimum atomic E-state index is -0.337. The Hall–Kier alpha value is -2.14. The molecule has 1 N–H and O–H groups in total. The lowest BCUT2D eigenvalue weighted by atomic mass is 10.1. The van der Waals surface area contributed by atoms with Gasteiger partial charge in [-0.1, -0.05) is 40.5 Å². The van der Waals surface area contributed by atoms with E-state index in [4.69, 9.17) is 0 Å².